The Labute approximate surface area is 132 Å². The Hall–Kier alpha value is -1.56. The molecule has 0 bridgehead atoms. The molecular weight excluding hydrogens is 306 g/mol. The van der Waals surface area contributed by atoms with Crippen LogP contribution in [-0.4, -0.2) is 15.4 Å². The predicted octanol–water partition coefficient (Wildman–Crippen LogP) is 3.52. The van der Waals surface area contributed by atoms with Crippen LogP contribution in [0.5, 0.6) is 5.75 Å². The van der Waals surface area contributed by atoms with E-state index in [0.29, 0.717) is 17.4 Å². The van der Waals surface area contributed by atoms with E-state index in [1.165, 1.54) is 0 Å². The average molecular weight is 322 g/mol. The molecule has 6 heteroatoms. The molecule has 0 radical (unpaired) electrons. The lowest BCUT2D eigenvalue weighted by atomic mass is 10.1. The molecule has 1 unspecified atom stereocenters. The number of benzene rings is 1. The molecule has 4 nitrogen and oxygen atoms in total. The summed E-state index contributed by atoms with van der Waals surface area (Å²) in [5.41, 5.74) is 7.79. The van der Waals surface area contributed by atoms with E-state index in [0.717, 1.165) is 22.6 Å². The second kappa shape index (κ2) is 6.05. The highest BCUT2D eigenvalue weighted by molar-refractivity contribution is 7.15. The first-order valence-electron chi connectivity index (χ1n) is 6.69. The van der Waals surface area contributed by atoms with Crippen LogP contribution < -0.4 is 10.5 Å². The molecule has 0 aliphatic rings. The highest BCUT2D eigenvalue weighted by Crippen LogP contribution is 2.26. The summed E-state index contributed by atoms with van der Waals surface area (Å²) in [5, 5.41) is 2.61. The van der Waals surface area contributed by atoms with Crippen molar-refractivity contribution in [1.82, 2.24) is 9.38 Å². The Morgan fingerprint density at radius 3 is 3.05 bits per heavy atom. The normalized spacial score (nSPS) is 12.7. The minimum atomic E-state index is 0.117. The number of nitrogens with two attached hydrogens (primary N) is 1. The summed E-state index contributed by atoms with van der Waals surface area (Å²) in [7, 11) is 0. The van der Waals surface area contributed by atoms with Crippen LogP contribution in [0.3, 0.4) is 0 Å². The molecule has 2 aromatic heterocycles. The van der Waals surface area contributed by atoms with Crippen molar-refractivity contribution in [2.45, 2.75) is 26.0 Å². The largest absolute Gasteiger partial charge is 0.486 e. The maximum Gasteiger partial charge on any atom is 0.193 e. The fraction of sp³-hybridized carbons (Fsp3) is 0.267. The number of halogens is 1. The van der Waals surface area contributed by atoms with Crippen LogP contribution in [0.15, 0.2) is 36.0 Å². The molecule has 0 amide bonds. The molecule has 110 valence electrons. The summed E-state index contributed by atoms with van der Waals surface area (Å²) in [4.78, 5) is 5.44. The van der Waals surface area contributed by atoms with Crippen molar-refractivity contribution in [1.29, 1.82) is 0 Å². The van der Waals surface area contributed by atoms with Crippen LogP contribution >= 0.6 is 22.9 Å². The van der Waals surface area contributed by atoms with Gasteiger partial charge in [-0.3, -0.25) is 4.40 Å². The lowest BCUT2D eigenvalue weighted by Gasteiger charge is -2.10. The Morgan fingerprint density at radius 2 is 2.33 bits per heavy atom. The van der Waals surface area contributed by atoms with Crippen LogP contribution in [0.2, 0.25) is 5.02 Å². The highest BCUT2D eigenvalue weighted by atomic mass is 35.5. The van der Waals surface area contributed by atoms with Crippen molar-refractivity contribution in [3.8, 4) is 5.75 Å². The van der Waals surface area contributed by atoms with Gasteiger partial charge in [-0.1, -0.05) is 17.7 Å². The van der Waals surface area contributed by atoms with Crippen molar-refractivity contribution in [3.63, 3.8) is 0 Å². The number of nitrogens with zero attached hydrogens (tertiary/aromatic N) is 2. The van der Waals surface area contributed by atoms with Crippen molar-refractivity contribution in [2.24, 2.45) is 5.73 Å². The first kappa shape index (κ1) is 14.4. The Morgan fingerprint density at radius 1 is 1.48 bits per heavy atom. The van der Waals surface area contributed by atoms with E-state index in [4.69, 9.17) is 22.1 Å². The number of aromatic nitrogens is 2. The Balaban J connectivity index is 1.68. The van der Waals surface area contributed by atoms with Gasteiger partial charge in [-0.05, 0) is 31.0 Å². The quantitative estimate of drug-likeness (QED) is 0.782. The van der Waals surface area contributed by atoms with E-state index in [1.54, 1.807) is 11.3 Å². The zero-order valence-corrected chi connectivity index (χ0v) is 13.2. The van der Waals surface area contributed by atoms with Gasteiger partial charge in [0.25, 0.3) is 0 Å². The predicted molar refractivity (Wildman–Crippen MR) is 86.2 cm³/mol. The second-order valence-corrected chi connectivity index (χ2v) is 6.34. The molecule has 21 heavy (non-hydrogen) atoms. The number of hydrogen-bond acceptors (Lipinski definition) is 4. The van der Waals surface area contributed by atoms with Crippen molar-refractivity contribution in [3.05, 3.63) is 52.3 Å². The summed E-state index contributed by atoms with van der Waals surface area (Å²) < 4.78 is 7.73. The molecule has 3 aromatic rings. The smallest absolute Gasteiger partial charge is 0.193 e. The van der Waals surface area contributed by atoms with Crippen LogP contribution in [0.4, 0.5) is 0 Å². The number of ether oxygens (including phenoxy) is 1. The van der Waals surface area contributed by atoms with Gasteiger partial charge in [-0.2, -0.15) is 0 Å². The number of thiazole rings is 1. The first-order chi connectivity index (χ1) is 10.1. The standard InChI is InChI=1S/C15H16ClN3OS/c1-10(17)6-11-2-3-14(13(16)7-11)20-9-12-8-19-4-5-21-15(19)18-12/h2-5,7-8,10H,6,9,17H2,1H3. The molecule has 0 spiro atoms. The average Bonchev–Trinajstić information content (AvgIpc) is 2.97. The van der Waals surface area contributed by atoms with E-state index in [-0.39, 0.29) is 6.04 Å². The topological polar surface area (TPSA) is 52.5 Å². The zero-order valence-electron chi connectivity index (χ0n) is 11.6. The van der Waals surface area contributed by atoms with E-state index in [2.05, 4.69) is 4.98 Å². The Kier molecular flexibility index (Phi) is 4.14. The molecule has 2 heterocycles. The van der Waals surface area contributed by atoms with Gasteiger partial charge < -0.3 is 10.5 Å². The molecule has 1 atom stereocenters. The first-order valence-corrected chi connectivity index (χ1v) is 7.95. The van der Waals surface area contributed by atoms with Crippen LogP contribution in [0, 0.1) is 0 Å². The van der Waals surface area contributed by atoms with Crippen molar-refractivity contribution < 1.29 is 4.74 Å². The van der Waals surface area contributed by atoms with E-state index < -0.39 is 0 Å². The third-order valence-electron chi connectivity index (χ3n) is 3.07. The van der Waals surface area contributed by atoms with Crippen LogP contribution in [0.25, 0.3) is 4.96 Å². The SMILES string of the molecule is CC(N)Cc1ccc(OCc2cn3ccsc3n2)c(Cl)c1. The van der Waals surface area contributed by atoms with Gasteiger partial charge in [0.05, 0.1) is 10.7 Å². The molecule has 1 aromatic carbocycles. The monoisotopic (exact) mass is 321 g/mol. The van der Waals surface area contributed by atoms with Gasteiger partial charge in [0.15, 0.2) is 4.96 Å². The summed E-state index contributed by atoms with van der Waals surface area (Å²) in [6.07, 6.45) is 4.74. The van der Waals surface area contributed by atoms with E-state index >= 15 is 0 Å². The van der Waals surface area contributed by atoms with Gasteiger partial charge in [0, 0.05) is 23.8 Å². The Bertz CT molecular complexity index is 722. The van der Waals surface area contributed by atoms with Crippen LogP contribution in [-0.2, 0) is 13.0 Å². The van der Waals surface area contributed by atoms with Gasteiger partial charge >= 0.3 is 0 Å². The molecule has 0 saturated heterocycles. The van der Waals surface area contributed by atoms with Gasteiger partial charge in [0.2, 0.25) is 0 Å². The second-order valence-electron chi connectivity index (χ2n) is 5.06. The third-order valence-corrected chi connectivity index (χ3v) is 4.14. The number of imidazole rings is 1. The minimum absolute atomic E-state index is 0.117. The van der Waals surface area contributed by atoms with Gasteiger partial charge in [0.1, 0.15) is 12.4 Å². The maximum atomic E-state index is 6.25. The molecule has 0 fully saturated rings. The molecule has 0 aliphatic carbocycles. The van der Waals surface area contributed by atoms with Gasteiger partial charge in [-0.15, -0.1) is 11.3 Å². The van der Waals surface area contributed by atoms with Crippen molar-refractivity contribution >= 4 is 27.9 Å². The molecule has 0 saturated carbocycles. The summed E-state index contributed by atoms with van der Waals surface area (Å²) >= 11 is 7.85. The highest BCUT2D eigenvalue weighted by Gasteiger charge is 2.07. The third kappa shape index (κ3) is 3.37. The lowest BCUT2D eigenvalue weighted by molar-refractivity contribution is 0.302. The fourth-order valence-electron chi connectivity index (χ4n) is 2.16. The maximum absolute atomic E-state index is 6.25. The van der Waals surface area contributed by atoms with E-state index in [9.17, 15) is 0 Å². The molecular formula is C15H16ClN3OS. The lowest BCUT2D eigenvalue weighted by Crippen LogP contribution is -2.17. The fourth-order valence-corrected chi connectivity index (χ4v) is 3.13. The molecule has 3 rings (SSSR count). The minimum Gasteiger partial charge on any atom is -0.486 e. The molecule has 2 N–H and O–H groups in total. The molecule has 0 aliphatic heterocycles. The van der Waals surface area contributed by atoms with E-state index in [1.807, 2.05) is 47.3 Å². The summed E-state index contributed by atoms with van der Waals surface area (Å²) in [6, 6.07) is 5.91. The van der Waals surface area contributed by atoms with Crippen molar-refractivity contribution in [2.75, 3.05) is 0 Å². The number of hydrogen-bond donors (Lipinski definition) is 1. The summed E-state index contributed by atoms with van der Waals surface area (Å²) in [5.74, 6) is 0.668. The van der Waals surface area contributed by atoms with Gasteiger partial charge in [-0.25, -0.2) is 4.98 Å². The zero-order chi connectivity index (χ0) is 14.8. The van der Waals surface area contributed by atoms with Crippen LogP contribution in [0.1, 0.15) is 18.2 Å². The summed E-state index contributed by atoms with van der Waals surface area (Å²) in [6.45, 7) is 2.38. The number of rotatable bonds is 5. The number of fused-ring (bicyclic) bond motifs is 1.